The highest BCUT2D eigenvalue weighted by Crippen LogP contribution is 2.40. The zero-order valence-electron chi connectivity index (χ0n) is 17.5. The second-order valence-corrected chi connectivity index (χ2v) is 14.0. The number of aliphatic hydroxyl groups is 1. The summed E-state index contributed by atoms with van der Waals surface area (Å²) >= 11 is 0. The van der Waals surface area contributed by atoms with Gasteiger partial charge in [0.05, 0.1) is 13.7 Å². The minimum atomic E-state index is -1.39. The molecule has 27 heavy (non-hydrogen) atoms. The van der Waals surface area contributed by atoms with E-state index in [4.69, 9.17) is 4.74 Å². The van der Waals surface area contributed by atoms with Crippen LogP contribution < -0.4 is 5.19 Å². The van der Waals surface area contributed by atoms with Gasteiger partial charge in [0.2, 0.25) is 0 Å². The molecular weight excluding hydrogens is 378 g/mol. The summed E-state index contributed by atoms with van der Waals surface area (Å²) in [6.45, 7) is 7.97. The summed E-state index contributed by atoms with van der Waals surface area (Å²) in [6, 6.07) is 8.32. The molecule has 0 amide bonds. The number of likely N-dealkylation sites (N-methyl/N-ethyl adjacent to an activating group) is 1. The van der Waals surface area contributed by atoms with Crippen LogP contribution in [-0.4, -0.2) is 56.9 Å². The maximum atomic E-state index is 12.9. The Bertz CT molecular complexity index is 592. The van der Waals surface area contributed by atoms with Gasteiger partial charge in [0.1, 0.15) is 12.5 Å². The van der Waals surface area contributed by atoms with Gasteiger partial charge in [-0.15, -0.1) is 12.4 Å². The van der Waals surface area contributed by atoms with Gasteiger partial charge in [0.25, 0.3) is 0 Å². The second-order valence-electron chi connectivity index (χ2n) is 8.94. The molecule has 4 nitrogen and oxygen atoms in total. The molecule has 0 bridgehead atoms. The van der Waals surface area contributed by atoms with E-state index in [-0.39, 0.29) is 18.4 Å². The predicted octanol–water partition coefficient (Wildman–Crippen LogP) is 3.54. The number of carbonyl (C=O) groups is 1. The van der Waals surface area contributed by atoms with Gasteiger partial charge < -0.3 is 14.7 Å². The predicted molar refractivity (Wildman–Crippen MR) is 117 cm³/mol. The van der Waals surface area contributed by atoms with Gasteiger partial charge in [-0.05, 0) is 32.5 Å². The number of hydrogen-bond acceptors (Lipinski definition) is 4. The Morgan fingerprint density at radius 2 is 1.70 bits per heavy atom. The van der Waals surface area contributed by atoms with Crippen LogP contribution in [0.2, 0.25) is 19.6 Å². The number of ether oxygens (including phenoxy) is 1. The molecule has 1 aromatic rings. The van der Waals surface area contributed by atoms with Gasteiger partial charge >= 0.3 is 5.97 Å². The summed E-state index contributed by atoms with van der Waals surface area (Å²) in [6.07, 6.45) is 4.38. The maximum Gasteiger partial charge on any atom is 0.316 e. The number of benzene rings is 1. The first kappa shape index (κ1) is 24.2. The molecule has 1 unspecified atom stereocenters. The van der Waals surface area contributed by atoms with Crippen LogP contribution in [0.15, 0.2) is 24.3 Å². The topological polar surface area (TPSA) is 49.8 Å². The molecule has 0 aromatic heterocycles. The van der Waals surface area contributed by atoms with Crippen LogP contribution in [0.5, 0.6) is 0 Å². The molecule has 154 valence electrons. The first-order valence-electron chi connectivity index (χ1n) is 9.78. The summed E-state index contributed by atoms with van der Waals surface area (Å²) in [5, 5.41) is 12.6. The van der Waals surface area contributed by atoms with E-state index in [0.29, 0.717) is 26.0 Å². The molecule has 1 aliphatic rings. The standard InChI is InChI=1S/C21H35NO3Si.ClH/c1-22(2)15-16-25-20(23)19(21(24)13-7-6-8-14-21)17-9-11-18(12-10-17)26(3,4)5;/h9-12,19,24H,6-8,13-16H2,1-5H3;1H. The highest BCUT2D eigenvalue weighted by molar-refractivity contribution is 6.88. The number of halogens is 1. The van der Waals surface area contributed by atoms with E-state index >= 15 is 0 Å². The molecule has 1 saturated carbocycles. The van der Waals surface area contributed by atoms with Crippen LogP contribution in [0.4, 0.5) is 0 Å². The average molecular weight is 414 g/mol. The molecule has 1 aromatic carbocycles. The van der Waals surface area contributed by atoms with Crippen molar-refractivity contribution in [1.29, 1.82) is 0 Å². The number of hydrogen-bond donors (Lipinski definition) is 1. The molecule has 1 fully saturated rings. The second kappa shape index (κ2) is 10.1. The van der Waals surface area contributed by atoms with Gasteiger partial charge in [0, 0.05) is 6.54 Å². The van der Waals surface area contributed by atoms with E-state index in [0.717, 1.165) is 24.8 Å². The molecule has 0 aliphatic heterocycles. The molecule has 1 aliphatic carbocycles. The fraction of sp³-hybridized carbons (Fsp3) is 0.667. The first-order chi connectivity index (χ1) is 12.1. The smallest absolute Gasteiger partial charge is 0.316 e. The van der Waals surface area contributed by atoms with E-state index in [1.807, 2.05) is 31.1 Å². The van der Waals surface area contributed by atoms with Crippen molar-refractivity contribution in [2.45, 2.75) is 63.3 Å². The fourth-order valence-corrected chi connectivity index (χ4v) is 4.87. The highest BCUT2D eigenvalue weighted by atomic mass is 35.5. The van der Waals surface area contributed by atoms with Crippen molar-refractivity contribution in [3.8, 4) is 0 Å². The molecular formula is C21H36ClNO3Si. The van der Waals surface area contributed by atoms with Crippen molar-refractivity contribution in [1.82, 2.24) is 4.90 Å². The van der Waals surface area contributed by atoms with E-state index in [1.165, 1.54) is 5.19 Å². The molecule has 1 atom stereocenters. The summed E-state index contributed by atoms with van der Waals surface area (Å²) < 4.78 is 5.55. The van der Waals surface area contributed by atoms with Crippen LogP contribution in [0.3, 0.4) is 0 Å². The molecule has 6 heteroatoms. The lowest BCUT2D eigenvalue weighted by Crippen LogP contribution is -2.44. The largest absolute Gasteiger partial charge is 0.464 e. The van der Waals surface area contributed by atoms with Crippen molar-refractivity contribution in [3.05, 3.63) is 29.8 Å². The highest BCUT2D eigenvalue weighted by Gasteiger charge is 2.44. The van der Waals surface area contributed by atoms with E-state index in [9.17, 15) is 9.90 Å². The Labute approximate surface area is 171 Å². The Balaban J connectivity index is 0.00000364. The van der Waals surface area contributed by atoms with Crippen LogP contribution >= 0.6 is 12.4 Å². The Morgan fingerprint density at radius 3 is 2.19 bits per heavy atom. The maximum absolute atomic E-state index is 12.9. The summed E-state index contributed by atoms with van der Waals surface area (Å²) in [5.74, 6) is -0.891. The van der Waals surface area contributed by atoms with E-state index < -0.39 is 19.6 Å². The zero-order chi connectivity index (χ0) is 19.4. The van der Waals surface area contributed by atoms with Crippen molar-refractivity contribution in [2.24, 2.45) is 0 Å². The minimum absolute atomic E-state index is 0. The van der Waals surface area contributed by atoms with E-state index in [2.05, 4.69) is 31.8 Å². The van der Waals surface area contributed by atoms with Crippen molar-refractivity contribution in [3.63, 3.8) is 0 Å². The minimum Gasteiger partial charge on any atom is -0.464 e. The van der Waals surface area contributed by atoms with Crippen LogP contribution in [0, 0.1) is 0 Å². The normalized spacial score (nSPS) is 17.9. The van der Waals surface area contributed by atoms with Gasteiger partial charge in [0.15, 0.2) is 0 Å². The fourth-order valence-electron chi connectivity index (χ4n) is 3.71. The molecule has 0 spiro atoms. The van der Waals surface area contributed by atoms with Gasteiger partial charge in [-0.3, -0.25) is 4.79 Å². The van der Waals surface area contributed by atoms with E-state index in [1.54, 1.807) is 0 Å². The van der Waals surface area contributed by atoms with Crippen LogP contribution in [0.25, 0.3) is 0 Å². The number of rotatable bonds is 7. The lowest BCUT2D eigenvalue weighted by atomic mass is 9.73. The Hall–Kier alpha value is -0.883. The molecule has 0 heterocycles. The van der Waals surface area contributed by atoms with Crippen molar-refractivity contribution >= 4 is 31.6 Å². The summed E-state index contributed by atoms with van der Waals surface area (Å²) in [4.78, 5) is 14.9. The Morgan fingerprint density at radius 1 is 1.15 bits per heavy atom. The lowest BCUT2D eigenvalue weighted by molar-refractivity contribution is -0.154. The third-order valence-corrected chi connectivity index (χ3v) is 7.45. The van der Waals surface area contributed by atoms with Crippen molar-refractivity contribution in [2.75, 3.05) is 27.2 Å². The zero-order valence-corrected chi connectivity index (χ0v) is 19.3. The summed E-state index contributed by atoms with van der Waals surface area (Å²) in [7, 11) is 2.51. The third kappa shape index (κ3) is 6.59. The quantitative estimate of drug-likeness (QED) is 0.548. The monoisotopic (exact) mass is 413 g/mol. The SMILES string of the molecule is CN(C)CCOC(=O)C(c1ccc([Si](C)(C)C)cc1)C1(O)CCCCC1.Cl. The third-order valence-electron chi connectivity index (χ3n) is 5.39. The molecule has 0 saturated heterocycles. The van der Waals surface area contributed by atoms with Crippen LogP contribution in [0.1, 0.15) is 43.6 Å². The Kier molecular flexibility index (Phi) is 9.00. The van der Waals surface area contributed by atoms with Crippen LogP contribution in [-0.2, 0) is 9.53 Å². The average Bonchev–Trinajstić information content (AvgIpc) is 2.54. The van der Waals surface area contributed by atoms with Crippen molar-refractivity contribution < 1.29 is 14.6 Å². The first-order valence-corrected chi connectivity index (χ1v) is 13.3. The molecule has 0 radical (unpaired) electrons. The molecule has 1 N–H and O–H groups in total. The number of nitrogens with zero attached hydrogens (tertiary/aromatic N) is 1. The number of esters is 1. The van der Waals surface area contributed by atoms with Gasteiger partial charge in [-0.2, -0.15) is 0 Å². The summed E-state index contributed by atoms with van der Waals surface area (Å²) in [5.41, 5.74) is -0.111. The van der Waals surface area contributed by atoms with Gasteiger partial charge in [-0.25, -0.2) is 0 Å². The number of carbonyl (C=O) groups excluding carboxylic acids is 1. The molecule has 2 rings (SSSR count). The lowest BCUT2D eigenvalue weighted by Gasteiger charge is -2.38. The van der Waals surface area contributed by atoms with Gasteiger partial charge in [-0.1, -0.05) is 68.4 Å².